The lowest BCUT2D eigenvalue weighted by Crippen LogP contribution is -2.39. The highest BCUT2D eigenvalue weighted by Crippen LogP contribution is 2.36. The van der Waals surface area contributed by atoms with E-state index in [-0.39, 0.29) is 0 Å². The van der Waals surface area contributed by atoms with Gasteiger partial charge in [0.15, 0.2) is 0 Å². The molecule has 1 unspecified atom stereocenters. The van der Waals surface area contributed by atoms with Crippen molar-refractivity contribution in [2.24, 2.45) is 5.41 Å². The van der Waals surface area contributed by atoms with E-state index in [0.29, 0.717) is 23.3 Å². The van der Waals surface area contributed by atoms with Crippen molar-refractivity contribution in [3.8, 4) is 5.88 Å². The molecule has 1 aliphatic carbocycles. The van der Waals surface area contributed by atoms with Crippen LogP contribution in [0.4, 0.5) is 5.95 Å². The molecule has 1 atom stereocenters. The highest BCUT2D eigenvalue weighted by molar-refractivity contribution is 5.29. The third-order valence-corrected chi connectivity index (χ3v) is 3.65. The molecule has 0 radical (unpaired) electrons. The van der Waals surface area contributed by atoms with E-state index in [1.165, 1.54) is 25.7 Å². The quantitative estimate of drug-likeness (QED) is 0.875. The van der Waals surface area contributed by atoms with Crippen LogP contribution >= 0.6 is 0 Å². The first kappa shape index (κ1) is 12.1. The number of ether oxygens (including phenoxy) is 1. The first-order valence-corrected chi connectivity index (χ1v) is 6.25. The molecule has 17 heavy (non-hydrogen) atoms. The minimum atomic E-state index is 0.310. The molecule has 1 heterocycles. The molecule has 4 nitrogen and oxygen atoms in total. The standard InChI is InChI=1S/C13H21N3O/c1-13(2)8-5-4-6-10(13)15-12-14-9-7-11(16-12)17-3/h7,9-10H,4-6,8H2,1-3H3,(H,14,15,16). The maximum Gasteiger partial charge on any atom is 0.226 e. The number of methoxy groups -OCH3 is 1. The topological polar surface area (TPSA) is 47.0 Å². The van der Waals surface area contributed by atoms with Gasteiger partial charge in [0.2, 0.25) is 11.8 Å². The highest BCUT2D eigenvalue weighted by atomic mass is 16.5. The lowest BCUT2D eigenvalue weighted by Gasteiger charge is -2.39. The van der Waals surface area contributed by atoms with E-state index < -0.39 is 0 Å². The molecule has 0 spiro atoms. The van der Waals surface area contributed by atoms with Crippen molar-refractivity contribution in [3.63, 3.8) is 0 Å². The highest BCUT2D eigenvalue weighted by Gasteiger charge is 2.32. The second-order valence-electron chi connectivity index (χ2n) is 5.35. The van der Waals surface area contributed by atoms with Gasteiger partial charge >= 0.3 is 0 Å². The minimum absolute atomic E-state index is 0.310. The Morgan fingerprint density at radius 3 is 2.94 bits per heavy atom. The van der Waals surface area contributed by atoms with Crippen LogP contribution in [0, 0.1) is 5.41 Å². The molecule has 1 aromatic heterocycles. The van der Waals surface area contributed by atoms with Crippen molar-refractivity contribution < 1.29 is 4.74 Å². The molecule has 1 N–H and O–H groups in total. The lowest BCUT2D eigenvalue weighted by molar-refractivity contribution is 0.216. The first-order chi connectivity index (χ1) is 8.12. The zero-order valence-electron chi connectivity index (χ0n) is 10.9. The van der Waals surface area contributed by atoms with Crippen molar-refractivity contribution in [2.45, 2.75) is 45.6 Å². The van der Waals surface area contributed by atoms with Crippen LogP contribution < -0.4 is 10.1 Å². The van der Waals surface area contributed by atoms with Crippen LogP contribution in [-0.2, 0) is 0 Å². The first-order valence-electron chi connectivity index (χ1n) is 6.25. The van der Waals surface area contributed by atoms with Crippen LogP contribution in [-0.4, -0.2) is 23.1 Å². The summed E-state index contributed by atoms with van der Waals surface area (Å²) in [5.74, 6) is 1.28. The zero-order chi connectivity index (χ0) is 12.3. The Morgan fingerprint density at radius 2 is 2.24 bits per heavy atom. The Balaban J connectivity index is 2.08. The Kier molecular flexibility index (Phi) is 3.50. The molecular weight excluding hydrogens is 214 g/mol. The van der Waals surface area contributed by atoms with Gasteiger partial charge in [0.1, 0.15) is 0 Å². The number of nitrogens with zero attached hydrogens (tertiary/aromatic N) is 2. The summed E-state index contributed by atoms with van der Waals surface area (Å²) >= 11 is 0. The molecule has 1 aromatic rings. The van der Waals surface area contributed by atoms with Crippen molar-refractivity contribution in [2.75, 3.05) is 12.4 Å². The maximum absolute atomic E-state index is 5.10. The van der Waals surface area contributed by atoms with Gasteiger partial charge in [-0.25, -0.2) is 4.98 Å². The number of hydrogen-bond donors (Lipinski definition) is 1. The fourth-order valence-electron chi connectivity index (χ4n) is 2.44. The summed E-state index contributed by atoms with van der Waals surface area (Å²) in [5, 5.41) is 3.44. The lowest BCUT2D eigenvalue weighted by atomic mass is 9.73. The zero-order valence-corrected chi connectivity index (χ0v) is 10.9. The van der Waals surface area contributed by atoms with Gasteiger partial charge in [-0.2, -0.15) is 4.98 Å². The molecule has 0 aromatic carbocycles. The van der Waals surface area contributed by atoms with E-state index in [9.17, 15) is 0 Å². The molecule has 1 fully saturated rings. The van der Waals surface area contributed by atoms with E-state index >= 15 is 0 Å². The van der Waals surface area contributed by atoms with Gasteiger partial charge in [-0.05, 0) is 18.3 Å². The predicted molar refractivity (Wildman–Crippen MR) is 68.2 cm³/mol. The second-order valence-corrected chi connectivity index (χ2v) is 5.35. The third-order valence-electron chi connectivity index (χ3n) is 3.65. The Hall–Kier alpha value is -1.32. The molecule has 2 rings (SSSR count). The minimum Gasteiger partial charge on any atom is -0.481 e. The second kappa shape index (κ2) is 4.90. The monoisotopic (exact) mass is 235 g/mol. The van der Waals surface area contributed by atoms with Crippen LogP contribution in [0.2, 0.25) is 0 Å². The number of anilines is 1. The van der Waals surface area contributed by atoms with Crippen LogP contribution in [0.1, 0.15) is 39.5 Å². The van der Waals surface area contributed by atoms with E-state index in [0.717, 1.165) is 0 Å². The Morgan fingerprint density at radius 1 is 1.41 bits per heavy atom. The molecule has 1 saturated carbocycles. The van der Waals surface area contributed by atoms with Gasteiger partial charge in [-0.1, -0.05) is 26.7 Å². The van der Waals surface area contributed by atoms with Crippen LogP contribution in [0.5, 0.6) is 5.88 Å². The van der Waals surface area contributed by atoms with E-state index in [4.69, 9.17) is 4.74 Å². The summed E-state index contributed by atoms with van der Waals surface area (Å²) in [5.41, 5.74) is 0.310. The maximum atomic E-state index is 5.10. The molecule has 0 saturated heterocycles. The average Bonchev–Trinajstić information content (AvgIpc) is 2.32. The summed E-state index contributed by atoms with van der Waals surface area (Å²) in [6.07, 6.45) is 6.78. The van der Waals surface area contributed by atoms with Crippen LogP contribution in [0.15, 0.2) is 12.3 Å². The molecule has 4 heteroatoms. The van der Waals surface area contributed by atoms with Crippen molar-refractivity contribution in [3.05, 3.63) is 12.3 Å². The number of aromatic nitrogens is 2. The van der Waals surface area contributed by atoms with Gasteiger partial charge in [-0.3, -0.25) is 0 Å². The molecule has 0 amide bonds. The van der Waals surface area contributed by atoms with Gasteiger partial charge in [0.25, 0.3) is 0 Å². The average molecular weight is 235 g/mol. The SMILES string of the molecule is COc1ccnc(NC2CCCCC2(C)C)n1. The summed E-state index contributed by atoms with van der Waals surface area (Å²) in [4.78, 5) is 8.55. The number of hydrogen-bond acceptors (Lipinski definition) is 4. The summed E-state index contributed by atoms with van der Waals surface area (Å²) in [6, 6.07) is 2.21. The fourth-order valence-corrected chi connectivity index (χ4v) is 2.44. The van der Waals surface area contributed by atoms with Gasteiger partial charge in [0.05, 0.1) is 7.11 Å². The number of rotatable bonds is 3. The van der Waals surface area contributed by atoms with Crippen molar-refractivity contribution in [1.82, 2.24) is 9.97 Å². The molecule has 1 aliphatic rings. The normalized spacial score (nSPS) is 23.1. The summed E-state index contributed by atoms with van der Waals surface area (Å²) in [6.45, 7) is 4.62. The van der Waals surface area contributed by atoms with E-state index in [1.807, 2.05) is 0 Å². The van der Waals surface area contributed by atoms with Crippen molar-refractivity contribution in [1.29, 1.82) is 0 Å². The van der Waals surface area contributed by atoms with E-state index in [2.05, 4.69) is 29.1 Å². The van der Waals surface area contributed by atoms with Crippen LogP contribution in [0.25, 0.3) is 0 Å². The molecular formula is C13H21N3O. The largest absolute Gasteiger partial charge is 0.481 e. The van der Waals surface area contributed by atoms with Gasteiger partial charge in [-0.15, -0.1) is 0 Å². The fraction of sp³-hybridized carbons (Fsp3) is 0.692. The molecule has 0 bridgehead atoms. The smallest absolute Gasteiger partial charge is 0.226 e. The predicted octanol–water partition coefficient (Wildman–Crippen LogP) is 2.87. The molecule has 0 aliphatic heterocycles. The number of nitrogens with one attached hydrogen (secondary N) is 1. The third kappa shape index (κ3) is 2.87. The molecule has 94 valence electrons. The Labute approximate surface area is 103 Å². The van der Waals surface area contributed by atoms with Crippen molar-refractivity contribution >= 4 is 5.95 Å². The van der Waals surface area contributed by atoms with E-state index in [1.54, 1.807) is 19.4 Å². The summed E-state index contributed by atoms with van der Waals surface area (Å²) in [7, 11) is 1.62. The van der Waals surface area contributed by atoms with Gasteiger partial charge < -0.3 is 10.1 Å². The van der Waals surface area contributed by atoms with Gasteiger partial charge in [0, 0.05) is 18.3 Å². The van der Waals surface area contributed by atoms with Crippen LogP contribution in [0.3, 0.4) is 0 Å². The summed E-state index contributed by atoms with van der Waals surface area (Å²) < 4.78 is 5.10. The Bertz CT molecular complexity index is 379.